The molecule has 2 heterocycles. The molecule has 3 aliphatic carbocycles. The minimum absolute atomic E-state index is 0.00504. The Hall–Kier alpha value is -2.77. The molecule has 6 rings (SSSR count). The summed E-state index contributed by atoms with van der Waals surface area (Å²) >= 11 is 1.80. The number of benzene rings is 1. The Labute approximate surface area is 242 Å². The molecular weight excluding hydrogens is 516 g/mol. The molecule has 6 nitrogen and oxygen atoms in total. The molecule has 212 valence electrons. The van der Waals surface area contributed by atoms with E-state index in [1.165, 1.54) is 28.3 Å². The lowest BCUT2D eigenvalue weighted by Crippen LogP contribution is -2.41. The minimum atomic E-state index is -0.260. The fourth-order valence-corrected chi connectivity index (χ4v) is 7.56. The zero-order valence-electron chi connectivity index (χ0n) is 23.8. The number of aromatic nitrogens is 2. The molecule has 0 saturated heterocycles. The monoisotopic (exact) mass is 558 g/mol. The molecule has 3 saturated carbocycles. The van der Waals surface area contributed by atoms with Crippen molar-refractivity contribution < 1.29 is 9.90 Å². The van der Waals surface area contributed by atoms with Gasteiger partial charge in [0.25, 0.3) is 0 Å². The number of hydrogen-bond donors (Lipinski definition) is 1. The molecule has 0 spiro atoms. The molecule has 3 fully saturated rings. The van der Waals surface area contributed by atoms with Crippen molar-refractivity contribution in [2.24, 2.45) is 11.8 Å². The molecule has 0 radical (unpaired) electrons. The summed E-state index contributed by atoms with van der Waals surface area (Å²) in [5, 5.41) is 11.3. The summed E-state index contributed by atoms with van der Waals surface area (Å²) in [6.45, 7) is 0.766. The van der Waals surface area contributed by atoms with Crippen LogP contribution in [0.3, 0.4) is 0 Å². The van der Waals surface area contributed by atoms with E-state index < -0.39 is 0 Å². The van der Waals surface area contributed by atoms with Crippen molar-refractivity contribution in [3.8, 4) is 10.4 Å². The van der Waals surface area contributed by atoms with Gasteiger partial charge in [0.1, 0.15) is 5.82 Å². The second-order valence-electron chi connectivity index (χ2n) is 12.4. The number of aliphatic hydroxyl groups is 1. The van der Waals surface area contributed by atoms with E-state index in [0.717, 1.165) is 75.0 Å². The smallest absolute Gasteiger partial charge is 0.230 e. The van der Waals surface area contributed by atoms with Crippen LogP contribution in [-0.4, -0.2) is 47.7 Å². The number of aliphatic hydroxyl groups excluding tert-OH is 1. The first kappa shape index (κ1) is 27.4. The van der Waals surface area contributed by atoms with Crippen molar-refractivity contribution in [3.63, 3.8) is 0 Å². The lowest BCUT2D eigenvalue weighted by molar-refractivity contribution is -0.124. The first-order valence-corrected chi connectivity index (χ1v) is 15.9. The molecule has 7 heteroatoms. The highest BCUT2D eigenvalue weighted by Crippen LogP contribution is 2.44. The summed E-state index contributed by atoms with van der Waals surface area (Å²) < 4.78 is 0. The molecule has 1 N–H and O–H groups in total. The van der Waals surface area contributed by atoms with E-state index in [1.807, 2.05) is 31.4 Å². The highest BCUT2D eigenvalue weighted by atomic mass is 32.1. The lowest BCUT2D eigenvalue weighted by atomic mass is 9.78. The van der Waals surface area contributed by atoms with Gasteiger partial charge in [-0.05, 0) is 105 Å². The van der Waals surface area contributed by atoms with Gasteiger partial charge in [-0.1, -0.05) is 18.2 Å². The quantitative estimate of drug-likeness (QED) is 0.322. The van der Waals surface area contributed by atoms with Gasteiger partial charge in [0.15, 0.2) is 0 Å². The summed E-state index contributed by atoms with van der Waals surface area (Å²) in [6, 6.07) is 12.9. The van der Waals surface area contributed by atoms with Crippen LogP contribution < -0.4 is 9.80 Å². The van der Waals surface area contributed by atoms with E-state index in [-0.39, 0.29) is 17.9 Å². The molecular formula is C33H42N4O2S. The van der Waals surface area contributed by atoms with Crippen LogP contribution in [-0.2, 0) is 4.79 Å². The minimum Gasteiger partial charge on any atom is -0.393 e. The summed E-state index contributed by atoms with van der Waals surface area (Å²) in [6.07, 6.45) is 13.8. The fraction of sp³-hybridized carbons (Fsp3) is 0.545. The maximum atomic E-state index is 14.0. The van der Waals surface area contributed by atoms with Crippen LogP contribution in [0.25, 0.3) is 10.4 Å². The van der Waals surface area contributed by atoms with Gasteiger partial charge in [-0.25, -0.2) is 9.97 Å². The second kappa shape index (κ2) is 12.0. The summed E-state index contributed by atoms with van der Waals surface area (Å²) in [4.78, 5) is 28.7. The number of pyridine rings is 1. The number of anilines is 2. The van der Waals surface area contributed by atoms with Crippen LogP contribution >= 0.6 is 11.3 Å². The number of rotatable bonds is 8. The van der Waals surface area contributed by atoms with Gasteiger partial charge in [0.2, 0.25) is 5.91 Å². The maximum absolute atomic E-state index is 14.0. The van der Waals surface area contributed by atoms with Crippen molar-refractivity contribution in [1.29, 1.82) is 0 Å². The van der Waals surface area contributed by atoms with Crippen LogP contribution in [0, 0.1) is 11.8 Å². The van der Waals surface area contributed by atoms with Gasteiger partial charge in [-0.2, -0.15) is 0 Å². The Morgan fingerprint density at radius 1 is 0.900 bits per heavy atom. The molecule has 3 aromatic rings. The number of thiazole rings is 1. The third-order valence-corrected chi connectivity index (χ3v) is 10.4. The molecule has 0 bridgehead atoms. The van der Waals surface area contributed by atoms with Crippen LogP contribution in [0.15, 0.2) is 48.8 Å². The third-order valence-electron chi connectivity index (χ3n) is 9.19. The summed E-state index contributed by atoms with van der Waals surface area (Å²) in [7, 11) is 4.04. The molecule has 1 aromatic carbocycles. The number of carbonyl (C=O) groups is 1. The van der Waals surface area contributed by atoms with Crippen LogP contribution in [0.2, 0.25) is 0 Å². The Balaban J connectivity index is 1.18. The predicted molar refractivity (Wildman–Crippen MR) is 163 cm³/mol. The van der Waals surface area contributed by atoms with E-state index >= 15 is 0 Å². The van der Waals surface area contributed by atoms with Gasteiger partial charge in [-0.15, -0.1) is 11.3 Å². The highest BCUT2D eigenvalue weighted by molar-refractivity contribution is 7.15. The molecule has 2 aromatic heterocycles. The molecule has 0 aliphatic heterocycles. The maximum Gasteiger partial charge on any atom is 0.230 e. The number of nitrogens with zero attached hydrogens (tertiary/aromatic N) is 4. The van der Waals surface area contributed by atoms with Crippen molar-refractivity contribution in [1.82, 2.24) is 9.97 Å². The van der Waals surface area contributed by atoms with E-state index in [4.69, 9.17) is 4.98 Å². The van der Waals surface area contributed by atoms with Gasteiger partial charge in [0.05, 0.1) is 16.0 Å². The zero-order valence-corrected chi connectivity index (χ0v) is 24.7. The van der Waals surface area contributed by atoms with E-state index in [9.17, 15) is 9.90 Å². The SMILES string of the molecule is CN(C)c1ccc([C@H]2CC[C@H](CN(c3cccc(-c4cnc(C5CC5)s4)c3)C(=O)[C@H]3CC[C@H](O)CC3)CC2)cn1. The molecule has 1 amide bonds. The standard InChI is InChI=1S/C33H42N4O2S/c1-36(2)31-17-14-27(19-34-31)23-8-6-22(7-9-23)21-37(33(39)25-12-15-29(38)16-13-25)28-5-3-4-26(18-28)30-20-35-32(40-30)24-10-11-24/h3-5,14,17-20,22-25,29,38H,6-13,15-16,21H2,1-2H3/t22-,23-,25-,29-. The lowest BCUT2D eigenvalue weighted by Gasteiger charge is -2.36. The predicted octanol–water partition coefficient (Wildman–Crippen LogP) is 7.01. The van der Waals surface area contributed by atoms with Gasteiger partial charge < -0.3 is 14.9 Å². The Bertz CT molecular complexity index is 1290. The first-order chi connectivity index (χ1) is 19.4. The molecule has 0 unspecified atom stereocenters. The Morgan fingerprint density at radius 3 is 2.33 bits per heavy atom. The molecule has 3 aliphatic rings. The average Bonchev–Trinajstić information content (AvgIpc) is 3.72. The van der Waals surface area contributed by atoms with Crippen molar-refractivity contribution >= 4 is 28.7 Å². The number of carbonyl (C=O) groups excluding carboxylic acids is 1. The van der Waals surface area contributed by atoms with Crippen LogP contribution in [0.1, 0.15) is 86.6 Å². The van der Waals surface area contributed by atoms with Gasteiger partial charge >= 0.3 is 0 Å². The van der Waals surface area contributed by atoms with E-state index in [0.29, 0.717) is 17.8 Å². The average molecular weight is 559 g/mol. The zero-order chi connectivity index (χ0) is 27.6. The molecule has 40 heavy (non-hydrogen) atoms. The van der Waals surface area contributed by atoms with Gasteiger partial charge in [0, 0.05) is 50.6 Å². The molecule has 0 atom stereocenters. The van der Waals surface area contributed by atoms with Crippen molar-refractivity contribution in [2.75, 3.05) is 30.4 Å². The van der Waals surface area contributed by atoms with Gasteiger partial charge in [-0.3, -0.25) is 4.79 Å². The summed E-state index contributed by atoms with van der Waals surface area (Å²) in [5.41, 5.74) is 3.48. The van der Waals surface area contributed by atoms with Crippen molar-refractivity contribution in [3.05, 3.63) is 59.4 Å². The van der Waals surface area contributed by atoms with E-state index in [2.05, 4.69) is 46.3 Å². The Kier molecular flexibility index (Phi) is 8.22. The first-order valence-electron chi connectivity index (χ1n) is 15.1. The topological polar surface area (TPSA) is 69.6 Å². The van der Waals surface area contributed by atoms with E-state index in [1.54, 1.807) is 11.3 Å². The van der Waals surface area contributed by atoms with Crippen LogP contribution in [0.5, 0.6) is 0 Å². The third kappa shape index (κ3) is 6.26. The fourth-order valence-electron chi connectivity index (χ4n) is 6.47. The highest BCUT2D eigenvalue weighted by Gasteiger charge is 2.33. The summed E-state index contributed by atoms with van der Waals surface area (Å²) in [5.74, 6) is 2.90. The normalized spacial score (nSPS) is 25.0. The largest absolute Gasteiger partial charge is 0.393 e. The van der Waals surface area contributed by atoms with Crippen LogP contribution in [0.4, 0.5) is 11.5 Å². The second-order valence-corrected chi connectivity index (χ2v) is 13.5. The number of hydrogen-bond acceptors (Lipinski definition) is 6. The van der Waals surface area contributed by atoms with Crippen molar-refractivity contribution in [2.45, 2.75) is 82.1 Å². The Morgan fingerprint density at radius 2 is 1.65 bits per heavy atom. The number of amides is 1.